The quantitative estimate of drug-likeness (QED) is 0.0741. The molecule has 25 heteroatoms. The fraction of sp³-hybridized carbons (Fsp3) is 0.575. The molecule has 11 amide bonds. The summed E-state index contributed by atoms with van der Waals surface area (Å²) in [6.45, 7) is 4.79. The average Bonchev–Trinajstić information content (AvgIpc) is 3.22. The van der Waals surface area contributed by atoms with Crippen LogP contribution in [-0.4, -0.2) is 147 Å². The lowest BCUT2D eigenvalue weighted by Crippen LogP contribution is -2.61. The maximum absolute atomic E-state index is 14.0. The Balaban J connectivity index is 2.58. The van der Waals surface area contributed by atoms with E-state index in [1.54, 1.807) is 13.8 Å². The molecule has 1 aromatic carbocycles. The lowest BCUT2D eigenvalue weighted by Gasteiger charge is -2.30. The molecular formula is C40H61N11O13S. The predicted molar refractivity (Wildman–Crippen MR) is 232 cm³/mol. The van der Waals surface area contributed by atoms with E-state index in [-0.39, 0.29) is 36.5 Å². The molecule has 1 fully saturated rings. The molecule has 360 valence electrons. The number of nitrogens with one attached hydrogen (secondary N) is 7. The van der Waals surface area contributed by atoms with Crippen molar-refractivity contribution in [2.45, 2.75) is 108 Å². The largest absolute Gasteiger partial charge is 0.508 e. The molecule has 0 saturated carbocycles. The topological polar surface area (TPSA) is 391 Å². The third kappa shape index (κ3) is 18.9. The normalized spacial score (nSPS) is 22.3. The molecule has 1 aliphatic rings. The molecule has 0 aliphatic carbocycles. The molecule has 0 aromatic heterocycles. The number of nitrogens with two attached hydrogens (primary N) is 3. The van der Waals surface area contributed by atoms with Crippen molar-refractivity contribution in [1.29, 1.82) is 0 Å². The van der Waals surface area contributed by atoms with Gasteiger partial charge in [0.2, 0.25) is 65.0 Å². The number of benzene rings is 1. The van der Waals surface area contributed by atoms with Gasteiger partial charge in [-0.15, -0.1) is 0 Å². The van der Waals surface area contributed by atoms with Crippen LogP contribution < -0.4 is 54.4 Å². The highest BCUT2D eigenvalue weighted by Crippen LogP contribution is 2.15. The molecule has 1 aliphatic heterocycles. The zero-order chi connectivity index (χ0) is 49.2. The van der Waals surface area contributed by atoms with Crippen molar-refractivity contribution in [3.63, 3.8) is 0 Å². The first-order chi connectivity index (χ1) is 30.3. The van der Waals surface area contributed by atoms with Crippen molar-refractivity contribution in [2.75, 3.05) is 31.6 Å². The summed E-state index contributed by atoms with van der Waals surface area (Å²) < 4.78 is 13.3. The van der Waals surface area contributed by atoms with Gasteiger partial charge in [0, 0.05) is 48.6 Å². The first-order valence-corrected chi connectivity index (χ1v) is 22.1. The highest BCUT2D eigenvalue weighted by Gasteiger charge is 2.36. The monoisotopic (exact) mass is 935 g/mol. The fourth-order valence-corrected chi connectivity index (χ4v) is 7.39. The standard InChI is InChI=1S/C40H61N11O13S/c1-6-21(2)33-37(61)46-24(11-12-28(41)53)34(58)48-27(18-29(42)54)35(59)47-25(38(62)51(5)20-32(57)50-40(3,4)39(63)44-19-30(43)55)13-15-65(64)16-14-31(56)45-26(36(60)49-33)17-22-7-9-23(52)10-8-22/h7-10,21,24-27,33,52H,6,11-20H2,1-5H3,(H2,41,53)(H2,42,54)(H2,43,55)(H,44,63)(H,45,56)(H,46,61)(H,47,59)(H,48,58)(H,49,60)(H,50,57)/t21-,24-,25-,26+,27-,33-,65?/m0/s1. The first-order valence-electron chi connectivity index (χ1n) is 20.7. The summed E-state index contributed by atoms with van der Waals surface area (Å²) in [7, 11) is -0.684. The number of rotatable bonds is 16. The number of hydrogen-bond acceptors (Lipinski definition) is 13. The molecule has 0 spiro atoms. The second-order valence-corrected chi connectivity index (χ2v) is 17.8. The van der Waals surface area contributed by atoms with E-state index in [1.807, 2.05) is 0 Å². The van der Waals surface area contributed by atoms with Gasteiger partial charge in [-0.3, -0.25) is 56.9 Å². The summed E-state index contributed by atoms with van der Waals surface area (Å²) in [4.78, 5) is 144. The van der Waals surface area contributed by atoms with E-state index in [2.05, 4.69) is 37.2 Å². The van der Waals surface area contributed by atoms with Crippen molar-refractivity contribution in [1.82, 2.24) is 42.1 Å². The Morgan fingerprint density at radius 3 is 2.02 bits per heavy atom. The number of carbonyl (C=O) groups is 11. The molecule has 14 N–H and O–H groups in total. The van der Waals surface area contributed by atoms with Crippen LogP contribution in [0.1, 0.15) is 71.8 Å². The van der Waals surface area contributed by atoms with Gasteiger partial charge in [-0.1, -0.05) is 32.4 Å². The number of hydrogen-bond donors (Lipinski definition) is 11. The van der Waals surface area contributed by atoms with E-state index in [0.29, 0.717) is 12.0 Å². The number of nitrogens with zero attached hydrogens (tertiary/aromatic N) is 1. The Morgan fingerprint density at radius 2 is 1.43 bits per heavy atom. The second kappa shape index (κ2) is 25.6. The van der Waals surface area contributed by atoms with Gasteiger partial charge >= 0.3 is 0 Å². The van der Waals surface area contributed by atoms with Crippen molar-refractivity contribution in [3.05, 3.63) is 29.8 Å². The Bertz CT molecular complexity index is 1980. The number of carbonyl (C=O) groups excluding carboxylic acids is 11. The van der Waals surface area contributed by atoms with Crippen LogP contribution in [0.4, 0.5) is 0 Å². The number of amides is 11. The molecule has 0 radical (unpaired) electrons. The number of aromatic hydroxyl groups is 1. The van der Waals surface area contributed by atoms with Crippen LogP contribution in [0.15, 0.2) is 24.3 Å². The van der Waals surface area contributed by atoms with E-state index < -0.39 is 150 Å². The number of phenols is 1. The average molecular weight is 936 g/mol. The third-order valence-corrected chi connectivity index (χ3v) is 11.5. The molecule has 7 atom stereocenters. The molecule has 24 nitrogen and oxygen atoms in total. The van der Waals surface area contributed by atoms with Crippen LogP contribution >= 0.6 is 0 Å². The van der Waals surface area contributed by atoms with Crippen molar-refractivity contribution < 1.29 is 62.1 Å². The van der Waals surface area contributed by atoms with Crippen molar-refractivity contribution in [3.8, 4) is 5.75 Å². The summed E-state index contributed by atoms with van der Waals surface area (Å²) in [5, 5.41) is 26.9. The zero-order valence-electron chi connectivity index (χ0n) is 37.0. The smallest absolute Gasteiger partial charge is 0.245 e. The maximum Gasteiger partial charge on any atom is 0.245 e. The lowest BCUT2D eigenvalue weighted by atomic mass is 9.96. The minimum Gasteiger partial charge on any atom is -0.508 e. The van der Waals surface area contributed by atoms with Gasteiger partial charge < -0.3 is 64.4 Å². The molecular weight excluding hydrogens is 875 g/mol. The van der Waals surface area contributed by atoms with Gasteiger partial charge in [-0.2, -0.15) is 0 Å². The summed E-state index contributed by atoms with van der Waals surface area (Å²) >= 11 is 0. The van der Waals surface area contributed by atoms with Crippen LogP contribution in [0, 0.1) is 5.92 Å². The minimum absolute atomic E-state index is 0.0596. The van der Waals surface area contributed by atoms with Gasteiger partial charge in [-0.25, -0.2) is 0 Å². The predicted octanol–water partition coefficient (Wildman–Crippen LogP) is -4.96. The summed E-state index contributed by atoms with van der Waals surface area (Å²) in [6.07, 6.45) is -2.26. The van der Waals surface area contributed by atoms with E-state index >= 15 is 0 Å². The molecule has 0 bridgehead atoms. The lowest BCUT2D eigenvalue weighted by molar-refractivity contribution is -0.140. The van der Waals surface area contributed by atoms with Crippen molar-refractivity contribution >= 4 is 75.8 Å². The first kappa shape index (κ1) is 54.5. The van der Waals surface area contributed by atoms with Gasteiger partial charge in [-0.05, 0) is 50.3 Å². The molecule has 1 unspecified atom stereocenters. The number of phenolic OH excluding ortho intramolecular Hbond substituents is 1. The molecule has 2 rings (SSSR count). The maximum atomic E-state index is 14.0. The van der Waals surface area contributed by atoms with Gasteiger partial charge in [0.1, 0.15) is 41.5 Å². The fourth-order valence-electron chi connectivity index (χ4n) is 6.28. The minimum atomic E-state index is -1.86. The Morgan fingerprint density at radius 1 is 0.831 bits per heavy atom. The molecule has 65 heavy (non-hydrogen) atoms. The van der Waals surface area contributed by atoms with Crippen LogP contribution in [-0.2, 0) is 70.0 Å². The third-order valence-electron chi connectivity index (χ3n) is 10.2. The van der Waals surface area contributed by atoms with Crippen LogP contribution in [0.3, 0.4) is 0 Å². The number of likely N-dealkylation sites (N-methyl/N-ethyl adjacent to an activating group) is 1. The summed E-state index contributed by atoms with van der Waals surface area (Å²) in [5.74, 6) is -11.3. The van der Waals surface area contributed by atoms with E-state index in [0.717, 1.165) is 4.90 Å². The Labute approximate surface area is 377 Å². The van der Waals surface area contributed by atoms with Gasteiger partial charge in [0.15, 0.2) is 0 Å². The summed E-state index contributed by atoms with van der Waals surface area (Å²) in [6, 6.07) is -1.88. The van der Waals surface area contributed by atoms with Crippen LogP contribution in [0.25, 0.3) is 0 Å². The SMILES string of the molecule is CC[C@H](C)[C@@H]1NC(=O)[C@@H](Cc2ccc(O)cc2)NC(=O)CCS(=O)CC[C@@H](C(=O)N(C)CC(=O)NC(C)(C)C(=O)NCC(N)=O)NC(=O)[C@H](CC(N)=O)NC(=O)[C@H](CCC(N)=O)NC1=O. The van der Waals surface area contributed by atoms with Crippen molar-refractivity contribution in [2.24, 2.45) is 23.1 Å². The van der Waals surface area contributed by atoms with Gasteiger partial charge in [0.25, 0.3) is 0 Å². The van der Waals surface area contributed by atoms with Gasteiger partial charge in [0.05, 0.1) is 19.5 Å². The highest BCUT2D eigenvalue weighted by atomic mass is 32.2. The molecule has 1 heterocycles. The van der Waals surface area contributed by atoms with E-state index in [9.17, 15) is 62.1 Å². The molecule has 1 saturated heterocycles. The van der Waals surface area contributed by atoms with Crippen LogP contribution in [0.2, 0.25) is 0 Å². The van der Waals surface area contributed by atoms with E-state index in [4.69, 9.17) is 17.2 Å². The molecule has 1 aromatic rings. The van der Waals surface area contributed by atoms with E-state index in [1.165, 1.54) is 45.2 Å². The number of primary amides is 3. The van der Waals surface area contributed by atoms with Crippen LogP contribution in [0.5, 0.6) is 5.75 Å². The highest BCUT2D eigenvalue weighted by molar-refractivity contribution is 7.85. The zero-order valence-corrected chi connectivity index (χ0v) is 37.8. The Hall–Kier alpha value is -6.66. The summed E-state index contributed by atoms with van der Waals surface area (Å²) in [5.41, 5.74) is 14.8. The Kier molecular flexibility index (Phi) is 21.4. The second-order valence-electron chi connectivity index (χ2n) is 16.1.